The fraction of sp³-hybridized carbons (Fsp3) is 0.323. The van der Waals surface area contributed by atoms with Gasteiger partial charge in [0.1, 0.15) is 5.75 Å². The van der Waals surface area contributed by atoms with Crippen LogP contribution in [0.5, 0.6) is 5.75 Å². The van der Waals surface area contributed by atoms with Crippen LogP contribution in [0.15, 0.2) is 72.9 Å². The van der Waals surface area contributed by atoms with Gasteiger partial charge in [0.15, 0.2) is 0 Å². The van der Waals surface area contributed by atoms with Gasteiger partial charge in [-0.2, -0.15) is 0 Å². The van der Waals surface area contributed by atoms with Crippen molar-refractivity contribution in [1.82, 2.24) is 10.3 Å². The summed E-state index contributed by atoms with van der Waals surface area (Å²) in [5, 5.41) is 13.8. The summed E-state index contributed by atoms with van der Waals surface area (Å²) in [5.41, 5.74) is 7.28. The van der Waals surface area contributed by atoms with Gasteiger partial charge >= 0.3 is 0 Å². The molecule has 0 saturated heterocycles. The fourth-order valence-electron chi connectivity index (χ4n) is 4.64. The summed E-state index contributed by atoms with van der Waals surface area (Å²) < 4.78 is 0. The van der Waals surface area contributed by atoms with Crippen molar-refractivity contribution in [2.45, 2.75) is 58.3 Å². The highest BCUT2D eigenvalue weighted by atomic mass is 16.3. The lowest BCUT2D eigenvalue weighted by Gasteiger charge is -2.09. The molecule has 0 bridgehead atoms. The van der Waals surface area contributed by atoms with Gasteiger partial charge < -0.3 is 15.4 Å². The number of carbonyl (C=O) groups excluding carboxylic acids is 1. The number of aromatic nitrogens is 1. The number of phenolic OH excluding ortho intramolecular Hbond substituents is 1. The zero-order chi connectivity index (χ0) is 24.5. The molecular formula is C31H36N2O2. The Morgan fingerprint density at radius 1 is 0.857 bits per heavy atom. The third-order valence-corrected chi connectivity index (χ3v) is 6.59. The van der Waals surface area contributed by atoms with Crippen LogP contribution in [0.3, 0.4) is 0 Å². The smallest absolute Gasteiger partial charge is 0.220 e. The number of aromatic amines is 1. The van der Waals surface area contributed by atoms with E-state index in [9.17, 15) is 9.90 Å². The standard InChI is InChI=1S/C31H36N2O2/c1-2-3-4-8-23-9-5-12-25(19-23)26-13-6-10-24(20-26)11-7-14-31(35)32-18-17-27-22-33-30-16-15-28(34)21-29(27)30/h5-6,9-10,12-13,15-16,19-22,33-34H,2-4,7-8,11,14,17-18H2,1H3,(H,32,35). The van der Waals surface area contributed by atoms with E-state index in [4.69, 9.17) is 0 Å². The SMILES string of the molecule is CCCCCc1cccc(-c2cccc(CCCC(=O)NCCc3c[nH]c4ccc(O)cc34)c2)c1. The lowest BCUT2D eigenvalue weighted by atomic mass is 9.97. The Morgan fingerprint density at radius 3 is 2.29 bits per heavy atom. The second-order valence-electron chi connectivity index (χ2n) is 9.36. The highest BCUT2D eigenvalue weighted by Gasteiger charge is 2.07. The number of benzene rings is 3. The fourth-order valence-corrected chi connectivity index (χ4v) is 4.64. The Bertz CT molecular complexity index is 1260. The van der Waals surface area contributed by atoms with Gasteiger partial charge in [-0.25, -0.2) is 0 Å². The van der Waals surface area contributed by atoms with Crippen LogP contribution in [0.4, 0.5) is 0 Å². The number of nitrogens with one attached hydrogen (secondary N) is 2. The van der Waals surface area contributed by atoms with Gasteiger partial charge in [0.2, 0.25) is 5.91 Å². The van der Waals surface area contributed by atoms with Gasteiger partial charge in [0, 0.05) is 30.1 Å². The van der Waals surface area contributed by atoms with E-state index in [1.165, 1.54) is 41.5 Å². The van der Waals surface area contributed by atoms with Crippen LogP contribution < -0.4 is 5.32 Å². The first-order valence-corrected chi connectivity index (χ1v) is 12.9. The highest BCUT2D eigenvalue weighted by molar-refractivity contribution is 5.84. The molecule has 0 aliphatic heterocycles. The molecule has 0 spiro atoms. The molecule has 1 heterocycles. The molecular weight excluding hydrogens is 432 g/mol. The Hall–Kier alpha value is -3.53. The van der Waals surface area contributed by atoms with Crippen LogP contribution in [-0.4, -0.2) is 22.5 Å². The molecule has 1 amide bonds. The largest absolute Gasteiger partial charge is 0.508 e. The van der Waals surface area contributed by atoms with Crippen molar-refractivity contribution in [2.24, 2.45) is 0 Å². The van der Waals surface area contributed by atoms with Crippen LogP contribution in [0.25, 0.3) is 22.0 Å². The second kappa shape index (κ2) is 12.3. The number of aromatic hydroxyl groups is 1. The molecule has 3 N–H and O–H groups in total. The summed E-state index contributed by atoms with van der Waals surface area (Å²) in [6, 6.07) is 22.9. The monoisotopic (exact) mass is 468 g/mol. The van der Waals surface area contributed by atoms with E-state index < -0.39 is 0 Å². The quantitative estimate of drug-likeness (QED) is 0.197. The molecule has 0 fully saturated rings. The number of aryl methyl sites for hydroxylation is 2. The van der Waals surface area contributed by atoms with E-state index in [2.05, 4.69) is 65.8 Å². The molecule has 0 saturated carbocycles. The summed E-state index contributed by atoms with van der Waals surface area (Å²) in [6.45, 7) is 2.83. The number of rotatable bonds is 12. The van der Waals surface area contributed by atoms with Crippen LogP contribution in [0.2, 0.25) is 0 Å². The number of fused-ring (bicyclic) bond motifs is 1. The third kappa shape index (κ3) is 6.98. The minimum Gasteiger partial charge on any atom is -0.508 e. The Labute approximate surface area is 208 Å². The van der Waals surface area contributed by atoms with Crippen molar-refractivity contribution in [3.8, 4) is 16.9 Å². The first-order valence-electron chi connectivity index (χ1n) is 12.9. The Kier molecular flexibility index (Phi) is 8.61. The normalized spacial score (nSPS) is 11.1. The maximum atomic E-state index is 12.4. The average molecular weight is 469 g/mol. The molecule has 4 aromatic rings. The van der Waals surface area contributed by atoms with Gasteiger partial charge in [0.05, 0.1) is 0 Å². The Balaban J connectivity index is 1.23. The van der Waals surface area contributed by atoms with Gasteiger partial charge in [0.25, 0.3) is 0 Å². The molecule has 1 aromatic heterocycles. The topological polar surface area (TPSA) is 65.1 Å². The van der Waals surface area contributed by atoms with Crippen molar-refractivity contribution in [3.63, 3.8) is 0 Å². The minimum absolute atomic E-state index is 0.0867. The van der Waals surface area contributed by atoms with Crippen LogP contribution in [0, 0.1) is 0 Å². The van der Waals surface area contributed by atoms with Gasteiger partial charge in [-0.3, -0.25) is 4.79 Å². The van der Waals surface area contributed by atoms with Gasteiger partial charge in [-0.1, -0.05) is 68.3 Å². The number of carbonyl (C=O) groups is 1. The maximum Gasteiger partial charge on any atom is 0.220 e. The maximum absolute atomic E-state index is 12.4. The molecule has 0 aliphatic carbocycles. The predicted molar refractivity (Wildman–Crippen MR) is 145 cm³/mol. The summed E-state index contributed by atoms with van der Waals surface area (Å²) in [6.07, 6.45) is 9.82. The summed E-state index contributed by atoms with van der Waals surface area (Å²) in [7, 11) is 0. The van der Waals surface area contributed by atoms with E-state index in [0.717, 1.165) is 42.1 Å². The molecule has 35 heavy (non-hydrogen) atoms. The summed E-state index contributed by atoms with van der Waals surface area (Å²) in [5.74, 6) is 0.342. The molecule has 4 nitrogen and oxygen atoms in total. The van der Waals surface area contributed by atoms with E-state index in [1.807, 2.05) is 12.3 Å². The third-order valence-electron chi connectivity index (χ3n) is 6.59. The van der Waals surface area contributed by atoms with Crippen LogP contribution in [0.1, 0.15) is 55.7 Å². The number of H-pyrrole nitrogens is 1. The zero-order valence-electron chi connectivity index (χ0n) is 20.6. The molecule has 4 rings (SSSR count). The first-order chi connectivity index (χ1) is 17.1. The van der Waals surface area contributed by atoms with Gasteiger partial charge in [-0.15, -0.1) is 0 Å². The minimum atomic E-state index is 0.0867. The summed E-state index contributed by atoms with van der Waals surface area (Å²) >= 11 is 0. The van der Waals surface area contributed by atoms with Crippen molar-refractivity contribution >= 4 is 16.8 Å². The molecule has 0 unspecified atom stereocenters. The van der Waals surface area contributed by atoms with Gasteiger partial charge in [-0.05, 0) is 78.1 Å². The van der Waals surface area contributed by atoms with Crippen molar-refractivity contribution < 1.29 is 9.90 Å². The van der Waals surface area contributed by atoms with Crippen LogP contribution in [-0.2, 0) is 24.1 Å². The van der Waals surface area contributed by atoms with E-state index in [-0.39, 0.29) is 11.7 Å². The molecule has 4 heteroatoms. The lowest BCUT2D eigenvalue weighted by Crippen LogP contribution is -2.25. The molecule has 182 valence electrons. The van der Waals surface area contributed by atoms with Crippen molar-refractivity contribution in [3.05, 3.63) is 89.6 Å². The van der Waals surface area contributed by atoms with Crippen LogP contribution >= 0.6 is 0 Å². The predicted octanol–water partition coefficient (Wildman–Crippen LogP) is 6.95. The number of hydrogen-bond acceptors (Lipinski definition) is 2. The lowest BCUT2D eigenvalue weighted by molar-refractivity contribution is -0.121. The second-order valence-corrected chi connectivity index (χ2v) is 9.36. The zero-order valence-corrected chi connectivity index (χ0v) is 20.6. The Morgan fingerprint density at radius 2 is 1.57 bits per heavy atom. The molecule has 3 aromatic carbocycles. The summed E-state index contributed by atoms with van der Waals surface area (Å²) in [4.78, 5) is 15.6. The average Bonchev–Trinajstić information content (AvgIpc) is 3.26. The highest BCUT2D eigenvalue weighted by Crippen LogP contribution is 2.24. The first kappa shape index (κ1) is 24.6. The number of amides is 1. The van der Waals surface area contributed by atoms with E-state index >= 15 is 0 Å². The van der Waals surface area contributed by atoms with Crippen molar-refractivity contribution in [1.29, 1.82) is 0 Å². The molecule has 0 radical (unpaired) electrons. The van der Waals surface area contributed by atoms with E-state index in [1.54, 1.807) is 12.1 Å². The molecule has 0 atom stereocenters. The van der Waals surface area contributed by atoms with Crippen molar-refractivity contribution in [2.75, 3.05) is 6.54 Å². The molecule has 0 aliphatic rings. The number of phenols is 1. The van der Waals surface area contributed by atoms with E-state index in [0.29, 0.717) is 13.0 Å². The number of unbranched alkanes of at least 4 members (excludes halogenated alkanes) is 2. The number of hydrogen-bond donors (Lipinski definition) is 3.